The number of hydrogen-bond acceptors (Lipinski definition) is 5. The van der Waals surface area contributed by atoms with Crippen molar-refractivity contribution in [1.82, 2.24) is 14.1 Å². The molecule has 2 aliphatic heterocycles. The van der Waals surface area contributed by atoms with Crippen LogP contribution in [0.15, 0.2) is 23.1 Å². The molecule has 0 saturated carbocycles. The topological polar surface area (TPSA) is 70.2 Å². The van der Waals surface area contributed by atoms with E-state index in [2.05, 4.69) is 4.90 Å². The molecule has 0 N–H and O–H groups in total. The number of carbonyl (C=O) groups is 1. The minimum atomic E-state index is -3.71. The van der Waals surface area contributed by atoms with Crippen LogP contribution >= 0.6 is 0 Å². The van der Waals surface area contributed by atoms with Crippen molar-refractivity contribution >= 4 is 15.9 Å². The summed E-state index contributed by atoms with van der Waals surface area (Å²) in [6.45, 7) is 4.67. The summed E-state index contributed by atoms with van der Waals surface area (Å²) in [6, 6.07) is 4.72. The molecule has 2 fully saturated rings. The van der Waals surface area contributed by atoms with Gasteiger partial charge in [-0.15, -0.1) is 0 Å². The Morgan fingerprint density at radius 1 is 1.03 bits per heavy atom. The summed E-state index contributed by atoms with van der Waals surface area (Å²) in [7, 11) is -0.478. The third-order valence-electron chi connectivity index (χ3n) is 5.89. The van der Waals surface area contributed by atoms with Crippen molar-refractivity contribution in [3.63, 3.8) is 0 Å². The summed E-state index contributed by atoms with van der Waals surface area (Å²) in [4.78, 5) is 17.0. The lowest BCUT2D eigenvalue weighted by atomic mass is 10.2. The van der Waals surface area contributed by atoms with Gasteiger partial charge in [-0.25, -0.2) is 8.42 Å². The second kappa shape index (κ2) is 9.91. The molecule has 8 heteroatoms. The van der Waals surface area contributed by atoms with Gasteiger partial charge in [0.05, 0.1) is 7.11 Å². The van der Waals surface area contributed by atoms with Crippen LogP contribution < -0.4 is 4.74 Å². The van der Waals surface area contributed by atoms with Gasteiger partial charge in [0, 0.05) is 38.8 Å². The van der Waals surface area contributed by atoms with Crippen LogP contribution in [-0.2, 0) is 10.0 Å². The Balaban J connectivity index is 1.79. The number of hydrogen-bond donors (Lipinski definition) is 0. The molecule has 0 bridgehead atoms. The molecule has 162 valence electrons. The predicted molar refractivity (Wildman–Crippen MR) is 113 cm³/mol. The summed E-state index contributed by atoms with van der Waals surface area (Å²) < 4.78 is 33.4. The molecule has 1 amide bonds. The molecule has 0 aliphatic carbocycles. The number of rotatable bonds is 7. The second-order valence-electron chi connectivity index (χ2n) is 7.96. The Morgan fingerprint density at radius 3 is 2.28 bits per heavy atom. The highest BCUT2D eigenvalue weighted by molar-refractivity contribution is 7.89. The zero-order valence-corrected chi connectivity index (χ0v) is 18.4. The van der Waals surface area contributed by atoms with Crippen molar-refractivity contribution in [2.75, 3.05) is 53.4 Å². The molecule has 0 spiro atoms. The largest absolute Gasteiger partial charge is 0.495 e. The Labute approximate surface area is 174 Å². The number of carbonyl (C=O) groups excluding carboxylic acids is 1. The van der Waals surface area contributed by atoms with E-state index in [4.69, 9.17) is 4.74 Å². The van der Waals surface area contributed by atoms with Crippen LogP contribution in [-0.4, -0.2) is 81.9 Å². The van der Waals surface area contributed by atoms with Crippen LogP contribution in [0.5, 0.6) is 5.75 Å². The Bertz CT molecular complexity index is 798. The third-order valence-corrected chi connectivity index (χ3v) is 7.81. The van der Waals surface area contributed by atoms with E-state index in [1.54, 1.807) is 24.1 Å². The maximum Gasteiger partial charge on any atom is 0.253 e. The number of likely N-dealkylation sites (N-methyl/N-ethyl adjacent to an activating group) is 1. The maximum absolute atomic E-state index is 13.3. The fraction of sp³-hybridized carbons (Fsp3) is 0.667. The third kappa shape index (κ3) is 5.29. The van der Waals surface area contributed by atoms with Crippen molar-refractivity contribution in [3.8, 4) is 5.75 Å². The Kier molecular flexibility index (Phi) is 7.54. The maximum atomic E-state index is 13.3. The zero-order chi connectivity index (χ0) is 20.9. The number of ether oxygens (including phenoxy) is 1. The minimum Gasteiger partial charge on any atom is -0.495 e. The van der Waals surface area contributed by atoms with Gasteiger partial charge in [0.25, 0.3) is 5.91 Å². The molecule has 7 nitrogen and oxygen atoms in total. The summed E-state index contributed by atoms with van der Waals surface area (Å²) in [5.41, 5.74) is 0.378. The molecule has 29 heavy (non-hydrogen) atoms. The van der Waals surface area contributed by atoms with Gasteiger partial charge in [-0.1, -0.05) is 12.8 Å². The first-order valence-corrected chi connectivity index (χ1v) is 12.0. The minimum absolute atomic E-state index is 0.0840. The quantitative estimate of drug-likeness (QED) is 0.674. The van der Waals surface area contributed by atoms with Gasteiger partial charge < -0.3 is 14.5 Å². The average Bonchev–Trinajstić information content (AvgIpc) is 3.10. The van der Waals surface area contributed by atoms with E-state index >= 15 is 0 Å². The monoisotopic (exact) mass is 423 g/mol. The SMILES string of the molecule is COc1ccc(C(=O)N(C)CCN2CCCC2)cc1S(=O)(=O)N1CCCCCC1. The number of benzene rings is 1. The first kappa shape index (κ1) is 22.1. The van der Waals surface area contributed by atoms with E-state index in [9.17, 15) is 13.2 Å². The van der Waals surface area contributed by atoms with E-state index in [1.807, 2.05) is 0 Å². The molecule has 2 aliphatic rings. The summed E-state index contributed by atoms with van der Waals surface area (Å²) in [5, 5.41) is 0. The lowest BCUT2D eigenvalue weighted by Gasteiger charge is -2.23. The number of methoxy groups -OCH3 is 1. The van der Waals surface area contributed by atoms with E-state index in [-0.39, 0.29) is 16.6 Å². The fourth-order valence-corrected chi connectivity index (χ4v) is 5.75. The fourth-order valence-electron chi connectivity index (χ4n) is 4.05. The van der Waals surface area contributed by atoms with Crippen molar-refractivity contribution < 1.29 is 17.9 Å². The molecule has 0 atom stereocenters. The van der Waals surface area contributed by atoms with Gasteiger partial charge in [-0.3, -0.25) is 4.79 Å². The molecule has 0 radical (unpaired) electrons. The molecule has 0 aromatic heterocycles. The number of likely N-dealkylation sites (tertiary alicyclic amines) is 1. The lowest BCUT2D eigenvalue weighted by molar-refractivity contribution is 0.0782. The predicted octanol–water partition coefficient (Wildman–Crippen LogP) is 2.43. The first-order valence-electron chi connectivity index (χ1n) is 10.6. The first-order chi connectivity index (χ1) is 13.9. The molecule has 2 heterocycles. The highest BCUT2D eigenvalue weighted by Crippen LogP contribution is 2.29. The smallest absolute Gasteiger partial charge is 0.253 e. The number of nitrogens with zero attached hydrogens (tertiary/aromatic N) is 3. The summed E-state index contributed by atoms with van der Waals surface area (Å²) >= 11 is 0. The van der Waals surface area contributed by atoms with E-state index in [0.717, 1.165) is 45.3 Å². The summed E-state index contributed by atoms with van der Waals surface area (Å²) in [5.74, 6) is 0.115. The van der Waals surface area contributed by atoms with Crippen molar-refractivity contribution in [2.45, 2.75) is 43.4 Å². The van der Waals surface area contributed by atoms with Gasteiger partial charge >= 0.3 is 0 Å². The van der Waals surface area contributed by atoms with Crippen LogP contribution in [0.4, 0.5) is 0 Å². The molecule has 3 rings (SSSR count). The van der Waals surface area contributed by atoms with E-state index in [1.165, 1.54) is 30.3 Å². The van der Waals surface area contributed by atoms with Crippen molar-refractivity contribution in [1.29, 1.82) is 0 Å². The van der Waals surface area contributed by atoms with Crippen LogP contribution in [0.2, 0.25) is 0 Å². The Morgan fingerprint density at radius 2 is 1.66 bits per heavy atom. The van der Waals surface area contributed by atoms with Gasteiger partial charge in [0.2, 0.25) is 10.0 Å². The average molecular weight is 424 g/mol. The summed E-state index contributed by atoms with van der Waals surface area (Å²) in [6.07, 6.45) is 6.24. The Hall–Kier alpha value is -1.64. The van der Waals surface area contributed by atoms with Crippen molar-refractivity contribution in [2.24, 2.45) is 0 Å². The molecular formula is C21H33N3O4S. The van der Waals surface area contributed by atoms with Gasteiger partial charge in [-0.05, 0) is 57.0 Å². The van der Waals surface area contributed by atoms with Crippen LogP contribution in [0.1, 0.15) is 48.9 Å². The highest BCUT2D eigenvalue weighted by atomic mass is 32.2. The van der Waals surface area contributed by atoms with E-state index in [0.29, 0.717) is 25.2 Å². The van der Waals surface area contributed by atoms with Gasteiger partial charge in [-0.2, -0.15) is 4.31 Å². The van der Waals surface area contributed by atoms with E-state index < -0.39 is 10.0 Å². The number of amides is 1. The van der Waals surface area contributed by atoms with Crippen LogP contribution in [0.3, 0.4) is 0 Å². The molecular weight excluding hydrogens is 390 g/mol. The van der Waals surface area contributed by atoms with Gasteiger partial charge in [0.1, 0.15) is 10.6 Å². The lowest BCUT2D eigenvalue weighted by Crippen LogP contribution is -2.35. The molecule has 1 aromatic carbocycles. The normalized spacial score (nSPS) is 19.1. The molecule has 0 unspecified atom stereocenters. The molecule has 2 saturated heterocycles. The zero-order valence-electron chi connectivity index (χ0n) is 17.6. The van der Waals surface area contributed by atoms with Gasteiger partial charge in [0.15, 0.2) is 0 Å². The van der Waals surface area contributed by atoms with Crippen LogP contribution in [0, 0.1) is 0 Å². The number of sulfonamides is 1. The highest BCUT2D eigenvalue weighted by Gasteiger charge is 2.29. The second-order valence-corrected chi connectivity index (χ2v) is 9.87. The van der Waals surface area contributed by atoms with Crippen molar-refractivity contribution in [3.05, 3.63) is 23.8 Å². The standard InChI is InChI=1S/C21H33N3O4S/c1-22(15-16-23-11-7-8-12-23)21(25)18-9-10-19(28-2)20(17-18)29(26,27)24-13-5-3-4-6-14-24/h9-10,17H,3-8,11-16H2,1-2H3. The van der Waals surface area contributed by atoms with Crippen LogP contribution in [0.25, 0.3) is 0 Å². The molecule has 1 aromatic rings.